The molecule has 11 heavy (non-hydrogen) atoms. The summed E-state index contributed by atoms with van der Waals surface area (Å²) in [5, 5.41) is 9.18. The molecule has 1 rings (SSSR count). The zero-order valence-corrected chi connectivity index (χ0v) is 8.52. The molecule has 1 aromatic rings. The average molecular weight is 280 g/mol. The molecule has 0 bridgehead atoms. The molecule has 1 aromatic carbocycles. The third-order valence-electron chi connectivity index (χ3n) is 1.19. The number of hydrogen-bond donors (Lipinski definition) is 1. The van der Waals surface area contributed by atoms with Gasteiger partial charge in [-0.1, -0.05) is 15.9 Å². The van der Waals surface area contributed by atoms with Gasteiger partial charge in [-0.2, -0.15) is 0 Å². The van der Waals surface area contributed by atoms with Crippen molar-refractivity contribution in [2.45, 2.75) is 0 Å². The number of aromatic hydroxyl groups is 1. The van der Waals surface area contributed by atoms with Crippen molar-refractivity contribution in [2.75, 3.05) is 0 Å². The summed E-state index contributed by atoms with van der Waals surface area (Å²) in [5.74, 6) is -0.0266. The zero-order chi connectivity index (χ0) is 8.43. The standard InChI is InChI=1S/C7H4Br2O2/c8-4-1-6(9)5(3-10)7(11)2-4/h1-3,11H. The average Bonchev–Trinajstić information content (AvgIpc) is 1.85. The van der Waals surface area contributed by atoms with Gasteiger partial charge >= 0.3 is 0 Å². The maximum Gasteiger partial charge on any atom is 0.154 e. The molecular formula is C7H4Br2O2. The molecule has 0 aliphatic rings. The van der Waals surface area contributed by atoms with Crippen LogP contribution in [-0.4, -0.2) is 11.4 Å². The molecule has 0 aliphatic heterocycles. The Bertz CT molecular complexity index is 273. The van der Waals surface area contributed by atoms with Gasteiger partial charge in [-0.05, 0) is 28.1 Å². The van der Waals surface area contributed by atoms with Crippen molar-refractivity contribution >= 4 is 38.1 Å². The van der Waals surface area contributed by atoms with Crippen LogP contribution in [0.2, 0.25) is 0 Å². The Morgan fingerprint density at radius 2 is 2.00 bits per heavy atom. The van der Waals surface area contributed by atoms with Gasteiger partial charge in [-0.25, -0.2) is 0 Å². The first-order valence-electron chi connectivity index (χ1n) is 2.78. The Morgan fingerprint density at radius 1 is 1.36 bits per heavy atom. The van der Waals surface area contributed by atoms with Gasteiger partial charge in [-0.3, -0.25) is 4.79 Å². The van der Waals surface area contributed by atoms with E-state index in [1.165, 1.54) is 6.07 Å². The number of carbonyl (C=O) groups excluding carboxylic acids is 1. The Kier molecular flexibility index (Phi) is 2.67. The maximum absolute atomic E-state index is 10.4. The van der Waals surface area contributed by atoms with Crippen molar-refractivity contribution in [2.24, 2.45) is 0 Å². The molecule has 0 aromatic heterocycles. The first-order chi connectivity index (χ1) is 5.15. The summed E-state index contributed by atoms with van der Waals surface area (Å²) >= 11 is 6.31. The number of phenols is 1. The Morgan fingerprint density at radius 3 is 2.45 bits per heavy atom. The fraction of sp³-hybridized carbons (Fsp3) is 0. The van der Waals surface area contributed by atoms with Crippen LogP contribution in [0.15, 0.2) is 21.1 Å². The van der Waals surface area contributed by atoms with Crippen LogP contribution in [0, 0.1) is 0 Å². The van der Waals surface area contributed by atoms with E-state index >= 15 is 0 Å². The second kappa shape index (κ2) is 3.36. The van der Waals surface area contributed by atoms with Crippen LogP contribution in [-0.2, 0) is 0 Å². The molecule has 0 atom stereocenters. The largest absolute Gasteiger partial charge is 0.507 e. The van der Waals surface area contributed by atoms with E-state index < -0.39 is 0 Å². The van der Waals surface area contributed by atoms with Crippen LogP contribution >= 0.6 is 31.9 Å². The van der Waals surface area contributed by atoms with Gasteiger partial charge in [-0.15, -0.1) is 0 Å². The van der Waals surface area contributed by atoms with E-state index in [4.69, 9.17) is 0 Å². The molecular weight excluding hydrogens is 276 g/mol. The fourth-order valence-corrected chi connectivity index (χ4v) is 1.98. The van der Waals surface area contributed by atoms with Crippen LogP contribution in [0.3, 0.4) is 0 Å². The van der Waals surface area contributed by atoms with Gasteiger partial charge in [0.2, 0.25) is 0 Å². The highest BCUT2D eigenvalue weighted by atomic mass is 79.9. The SMILES string of the molecule is O=Cc1c(O)cc(Br)cc1Br. The smallest absolute Gasteiger partial charge is 0.154 e. The molecule has 0 radical (unpaired) electrons. The number of phenolic OH excluding ortho intramolecular Hbond substituents is 1. The number of rotatable bonds is 1. The van der Waals surface area contributed by atoms with Gasteiger partial charge in [0.15, 0.2) is 6.29 Å². The predicted octanol–water partition coefficient (Wildman–Crippen LogP) is 2.73. The van der Waals surface area contributed by atoms with Gasteiger partial charge in [0.05, 0.1) is 5.56 Å². The first kappa shape index (κ1) is 8.74. The van der Waals surface area contributed by atoms with Crippen molar-refractivity contribution in [3.63, 3.8) is 0 Å². The zero-order valence-electron chi connectivity index (χ0n) is 5.34. The molecule has 0 amide bonds. The summed E-state index contributed by atoms with van der Waals surface area (Å²) in [4.78, 5) is 10.4. The number of carbonyl (C=O) groups is 1. The van der Waals surface area contributed by atoms with Crippen molar-refractivity contribution < 1.29 is 9.90 Å². The van der Waals surface area contributed by atoms with Crippen LogP contribution in [0.1, 0.15) is 10.4 Å². The van der Waals surface area contributed by atoms with Gasteiger partial charge in [0.25, 0.3) is 0 Å². The second-order valence-electron chi connectivity index (χ2n) is 1.94. The van der Waals surface area contributed by atoms with Gasteiger partial charge in [0, 0.05) is 8.95 Å². The molecule has 0 unspecified atom stereocenters. The van der Waals surface area contributed by atoms with Crippen molar-refractivity contribution in [3.05, 3.63) is 26.6 Å². The van der Waals surface area contributed by atoms with E-state index in [0.29, 0.717) is 10.8 Å². The highest BCUT2D eigenvalue weighted by Gasteiger charge is 2.05. The third-order valence-corrected chi connectivity index (χ3v) is 2.30. The summed E-state index contributed by atoms with van der Waals surface area (Å²) in [5.41, 5.74) is 0.271. The second-order valence-corrected chi connectivity index (χ2v) is 3.71. The molecule has 0 fully saturated rings. The summed E-state index contributed by atoms with van der Waals surface area (Å²) in [6.45, 7) is 0. The molecule has 0 saturated carbocycles. The lowest BCUT2D eigenvalue weighted by Crippen LogP contribution is -1.83. The molecule has 4 heteroatoms. The summed E-state index contributed by atoms with van der Waals surface area (Å²) in [6, 6.07) is 3.16. The van der Waals surface area contributed by atoms with E-state index in [2.05, 4.69) is 31.9 Å². The Balaban J connectivity index is 3.36. The number of halogens is 2. The minimum absolute atomic E-state index is 0.0266. The van der Waals surface area contributed by atoms with Crippen LogP contribution < -0.4 is 0 Å². The summed E-state index contributed by atoms with van der Waals surface area (Å²) in [7, 11) is 0. The minimum atomic E-state index is -0.0266. The number of benzene rings is 1. The molecule has 58 valence electrons. The lowest BCUT2D eigenvalue weighted by Gasteiger charge is -1.99. The predicted molar refractivity (Wildman–Crippen MR) is 48.9 cm³/mol. The van der Waals surface area contributed by atoms with Gasteiger partial charge in [0.1, 0.15) is 5.75 Å². The molecule has 2 nitrogen and oxygen atoms in total. The lowest BCUT2D eigenvalue weighted by molar-refractivity contribution is 0.112. The monoisotopic (exact) mass is 278 g/mol. The van der Waals surface area contributed by atoms with Crippen molar-refractivity contribution in [1.29, 1.82) is 0 Å². The van der Waals surface area contributed by atoms with E-state index in [-0.39, 0.29) is 11.3 Å². The topological polar surface area (TPSA) is 37.3 Å². The first-order valence-corrected chi connectivity index (χ1v) is 4.37. The van der Waals surface area contributed by atoms with E-state index in [0.717, 1.165) is 4.47 Å². The maximum atomic E-state index is 10.4. The van der Waals surface area contributed by atoms with Gasteiger partial charge < -0.3 is 5.11 Å². The van der Waals surface area contributed by atoms with E-state index in [1.807, 2.05) is 0 Å². The quantitative estimate of drug-likeness (QED) is 0.803. The van der Waals surface area contributed by atoms with Crippen molar-refractivity contribution in [3.8, 4) is 5.75 Å². The highest BCUT2D eigenvalue weighted by Crippen LogP contribution is 2.28. The molecule has 1 N–H and O–H groups in total. The van der Waals surface area contributed by atoms with E-state index in [1.54, 1.807) is 6.07 Å². The van der Waals surface area contributed by atoms with Crippen molar-refractivity contribution in [1.82, 2.24) is 0 Å². The van der Waals surface area contributed by atoms with Crippen LogP contribution in [0.5, 0.6) is 5.75 Å². The lowest BCUT2D eigenvalue weighted by atomic mass is 10.2. The normalized spacial score (nSPS) is 9.64. The van der Waals surface area contributed by atoms with Crippen LogP contribution in [0.4, 0.5) is 0 Å². The number of aldehydes is 1. The summed E-state index contributed by atoms with van der Waals surface area (Å²) in [6.07, 6.45) is 0.603. The number of hydrogen-bond acceptors (Lipinski definition) is 2. The molecule has 0 saturated heterocycles. The summed E-state index contributed by atoms with van der Waals surface area (Å²) < 4.78 is 1.31. The minimum Gasteiger partial charge on any atom is -0.507 e. The molecule has 0 aliphatic carbocycles. The fourth-order valence-electron chi connectivity index (χ4n) is 0.688. The molecule has 0 heterocycles. The molecule has 0 spiro atoms. The Labute approximate surface area is 80.5 Å². The Hall–Kier alpha value is -0.350. The highest BCUT2D eigenvalue weighted by molar-refractivity contribution is 9.11. The van der Waals surface area contributed by atoms with E-state index in [9.17, 15) is 9.90 Å². The van der Waals surface area contributed by atoms with Crippen LogP contribution in [0.25, 0.3) is 0 Å². The third kappa shape index (κ3) is 1.81.